The molecule has 0 saturated carbocycles. The summed E-state index contributed by atoms with van der Waals surface area (Å²) in [5.41, 5.74) is 1.68. The Balaban J connectivity index is 1.79. The maximum Gasteiger partial charge on any atom is 0.148 e. The number of hydrogen-bond acceptors (Lipinski definition) is 4. The normalized spacial score (nSPS) is 10.4. The van der Waals surface area contributed by atoms with E-state index in [-0.39, 0.29) is 0 Å². The number of nitrogens with zero attached hydrogens (tertiary/aromatic N) is 3. The Morgan fingerprint density at radius 1 is 1.17 bits per heavy atom. The van der Waals surface area contributed by atoms with E-state index in [1.165, 1.54) is 0 Å². The molecule has 3 aromatic rings. The summed E-state index contributed by atoms with van der Waals surface area (Å²) in [5, 5.41) is 1.03. The molecule has 1 aromatic carbocycles. The molecule has 0 spiro atoms. The van der Waals surface area contributed by atoms with Crippen LogP contribution in [0.5, 0.6) is 5.75 Å². The molecule has 0 fully saturated rings. The van der Waals surface area contributed by atoms with Crippen molar-refractivity contribution >= 4 is 10.9 Å². The highest BCUT2D eigenvalue weighted by Gasteiger charge is 2.00. The third-order valence-corrected chi connectivity index (χ3v) is 2.50. The smallest absolute Gasteiger partial charge is 0.148 e. The number of rotatable bonds is 3. The van der Waals surface area contributed by atoms with E-state index in [2.05, 4.69) is 21.1 Å². The van der Waals surface area contributed by atoms with Crippen LogP contribution in [0.25, 0.3) is 10.9 Å². The number of hydrogen-bond donors (Lipinski definition) is 0. The highest BCUT2D eigenvalue weighted by molar-refractivity contribution is 5.79. The summed E-state index contributed by atoms with van der Waals surface area (Å²) in [5.74, 6) is 0.611. The molecule has 3 rings (SSSR count). The van der Waals surface area contributed by atoms with E-state index in [9.17, 15) is 0 Å². The first-order valence-electron chi connectivity index (χ1n) is 5.57. The van der Waals surface area contributed by atoms with Crippen LogP contribution in [0.4, 0.5) is 0 Å². The Kier molecular flexibility index (Phi) is 2.84. The van der Waals surface area contributed by atoms with Gasteiger partial charge in [0.15, 0.2) is 0 Å². The lowest BCUT2D eigenvalue weighted by Crippen LogP contribution is -1.98. The molecule has 0 N–H and O–H groups in total. The average Bonchev–Trinajstić information content (AvgIpc) is 2.46. The molecule has 0 unspecified atom stereocenters. The average molecular weight is 236 g/mol. The third kappa shape index (κ3) is 2.27. The van der Waals surface area contributed by atoms with Gasteiger partial charge in [-0.1, -0.05) is 18.2 Å². The summed E-state index contributed by atoms with van der Waals surface area (Å²) < 4.78 is 5.58. The molecule has 0 atom stereocenters. The first-order chi connectivity index (χ1) is 8.92. The second-order valence-electron chi connectivity index (χ2n) is 3.78. The van der Waals surface area contributed by atoms with Gasteiger partial charge in [-0.3, -0.25) is 9.97 Å². The van der Waals surface area contributed by atoms with Crippen molar-refractivity contribution in [2.75, 3.05) is 0 Å². The van der Waals surface area contributed by atoms with E-state index in [4.69, 9.17) is 4.74 Å². The fourth-order valence-corrected chi connectivity index (χ4v) is 1.63. The highest BCUT2D eigenvalue weighted by Crippen LogP contribution is 2.17. The lowest BCUT2D eigenvalue weighted by Gasteiger charge is -2.05. The Hall–Kier alpha value is -2.49. The van der Waals surface area contributed by atoms with Crippen LogP contribution in [0.1, 0.15) is 5.69 Å². The Morgan fingerprint density at radius 3 is 3.00 bits per heavy atom. The standard InChI is InChI=1S/C14H10N3O/c1-2-4-14-11(3-1)7-13(9-17-14)18-10-12-8-15-5-6-16-12/h1-8H,10H2. The second kappa shape index (κ2) is 4.79. The van der Waals surface area contributed by atoms with Crippen LogP contribution < -0.4 is 4.74 Å². The largest absolute Gasteiger partial charge is 0.485 e. The van der Waals surface area contributed by atoms with Crippen LogP contribution >= 0.6 is 0 Å². The summed E-state index contributed by atoms with van der Waals surface area (Å²) in [6.45, 7) is 0.365. The summed E-state index contributed by atoms with van der Waals surface area (Å²) in [6, 6.07) is 9.77. The minimum Gasteiger partial charge on any atom is -0.485 e. The zero-order valence-electron chi connectivity index (χ0n) is 9.58. The molecule has 0 aliphatic rings. The predicted molar refractivity (Wildman–Crippen MR) is 66.9 cm³/mol. The van der Waals surface area contributed by atoms with Crippen LogP contribution in [0.2, 0.25) is 0 Å². The first kappa shape index (κ1) is 10.7. The summed E-state index contributed by atoms with van der Waals surface area (Å²) in [6.07, 6.45) is 7.81. The minimum atomic E-state index is 0.365. The quantitative estimate of drug-likeness (QED) is 0.700. The van der Waals surface area contributed by atoms with Crippen molar-refractivity contribution in [3.8, 4) is 5.75 Å². The second-order valence-corrected chi connectivity index (χ2v) is 3.78. The van der Waals surface area contributed by atoms with Crippen LogP contribution in [0, 0.1) is 6.20 Å². The summed E-state index contributed by atoms with van der Waals surface area (Å²) >= 11 is 0. The van der Waals surface area contributed by atoms with Gasteiger partial charge in [0.25, 0.3) is 0 Å². The topological polar surface area (TPSA) is 47.9 Å². The van der Waals surface area contributed by atoms with Crippen LogP contribution in [-0.2, 0) is 6.61 Å². The first-order valence-corrected chi connectivity index (χ1v) is 5.57. The zero-order valence-corrected chi connectivity index (χ0v) is 9.58. The zero-order chi connectivity index (χ0) is 12.2. The van der Waals surface area contributed by atoms with Gasteiger partial charge in [-0.25, -0.2) is 4.98 Å². The lowest BCUT2D eigenvalue weighted by molar-refractivity contribution is 0.299. The van der Waals surface area contributed by atoms with Crippen molar-refractivity contribution in [2.24, 2.45) is 0 Å². The van der Waals surface area contributed by atoms with E-state index >= 15 is 0 Å². The molecule has 0 aliphatic carbocycles. The van der Waals surface area contributed by atoms with E-state index in [1.807, 2.05) is 30.3 Å². The molecular formula is C14H10N3O. The molecule has 0 amide bonds. The van der Waals surface area contributed by atoms with Crippen LogP contribution in [0.3, 0.4) is 0 Å². The fourth-order valence-electron chi connectivity index (χ4n) is 1.63. The molecular weight excluding hydrogens is 226 g/mol. The van der Waals surface area contributed by atoms with Gasteiger partial charge in [-0.15, -0.1) is 0 Å². The van der Waals surface area contributed by atoms with E-state index in [0.29, 0.717) is 12.4 Å². The number of fused-ring (bicyclic) bond motifs is 1. The van der Waals surface area contributed by atoms with Crippen molar-refractivity contribution < 1.29 is 4.74 Å². The van der Waals surface area contributed by atoms with Crippen molar-refractivity contribution in [3.05, 3.63) is 60.8 Å². The van der Waals surface area contributed by atoms with Crippen molar-refractivity contribution in [2.45, 2.75) is 6.61 Å². The monoisotopic (exact) mass is 236 g/mol. The van der Waals surface area contributed by atoms with Crippen molar-refractivity contribution in [1.82, 2.24) is 15.0 Å². The van der Waals surface area contributed by atoms with Crippen molar-refractivity contribution in [1.29, 1.82) is 0 Å². The van der Waals surface area contributed by atoms with Gasteiger partial charge in [-0.2, -0.15) is 0 Å². The molecule has 0 aliphatic heterocycles. The fraction of sp³-hybridized carbons (Fsp3) is 0.0714. The number of para-hydroxylation sites is 1. The molecule has 1 radical (unpaired) electrons. The molecule has 18 heavy (non-hydrogen) atoms. The molecule has 0 saturated heterocycles. The van der Waals surface area contributed by atoms with Gasteiger partial charge in [0.2, 0.25) is 0 Å². The van der Waals surface area contributed by atoms with E-state index in [0.717, 1.165) is 16.6 Å². The van der Waals surface area contributed by atoms with Gasteiger partial charge in [0.1, 0.15) is 18.6 Å². The van der Waals surface area contributed by atoms with E-state index in [1.54, 1.807) is 18.6 Å². The van der Waals surface area contributed by atoms with Gasteiger partial charge < -0.3 is 4.74 Å². The molecule has 0 bridgehead atoms. The number of benzene rings is 1. The Morgan fingerprint density at radius 2 is 2.11 bits per heavy atom. The Labute approximate surface area is 104 Å². The summed E-state index contributed by atoms with van der Waals surface area (Å²) in [7, 11) is 0. The van der Waals surface area contributed by atoms with Gasteiger partial charge >= 0.3 is 0 Å². The van der Waals surface area contributed by atoms with Gasteiger partial charge in [0.05, 0.1) is 17.4 Å². The predicted octanol–water partition coefficient (Wildman–Crippen LogP) is 2.40. The molecule has 2 aromatic heterocycles. The maximum atomic E-state index is 5.58. The third-order valence-electron chi connectivity index (χ3n) is 2.50. The van der Waals surface area contributed by atoms with E-state index < -0.39 is 0 Å². The molecule has 87 valence electrons. The highest BCUT2D eigenvalue weighted by atomic mass is 16.5. The van der Waals surface area contributed by atoms with Crippen LogP contribution in [0.15, 0.2) is 48.9 Å². The van der Waals surface area contributed by atoms with Gasteiger partial charge in [0, 0.05) is 17.8 Å². The molecule has 4 heteroatoms. The number of pyridine rings is 1. The maximum absolute atomic E-state index is 5.58. The summed E-state index contributed by atoms with van der Waals surface area (Å²) in [4.78, 5) is 12.3. The van der Waals surface area contributed by atoms with Crippen molar-refractivity contribution in [3.63, 3.8) is 0 Å². The molecule has 2 heterocycles. The molecule has 4 nitrogen and oxygen atoms in total. The minimum absolute atomic E-state index is 0.365. The van der Waals surface area contributed by atoms with Gasteiger partial charge in [-0.05, 0) is 12.1 Å². The lowest BCUT2D eigenvalue weighted by atomic mass is 10.2. The Bertz CT molecular complexity index is 655. The van der Waals surface area contributed by atoms with Crippen LogP contribution in [-0.4, -0.2) is 15.0 Å². The number of aromatic nitrogens is 3. The number of ether oxygens (including phenoxy) is 1. The SMILES string of the molecule is [c]1nc2ccccc2cc1OCc1cnccn1.